The van der Waals surface area contributed by atoms with E-state index in [-0.39, 0.29) is 17.9 Å². The summed E-state index contributed by atoms with van der Waals surface area (Å²) in [6, 6.07) is 20.1. The highest BCUT2D eigenvalue weighted by Crippen LogP contribution is 2.34. The molecule has 2 atom stereocenters. The van der Waals surface area contributed by atoms with Crippen molar-refractivity contribution in [3.63, 3.8) is 0 Å². The molecule has 0 heterocycles. The normalized spacial score (nSPS) is 13.5. The number of benzene rings is 2. The zero-order valence-electron chi connectivity index (χ0n) is 19.4. The van der Waals surface area contributed by atoms with Crippen LogP contribution >= 0.6 is 7.92 Å². The van der Waals surface area contributed by atoms with Gasteiger partial charge in [0.05, 0.1) is 0 Å². The van der Waals surface area contributed by atoms with Gasteiger partial charge in [-0.1, -0.05) is 74.5 Å². The van der Waals surface area contributed by atoms with Gasteiger partial charge in [-0.05, 0) is 58.3 Å². The van der Waals surface area contributed by atoms with Gasteiger partial charge in [0.25, 0.3) is 0 Å². The lowest BCUT2D eigenvalue weighted by molar-refractivity contribution is -0.124. The number of hydrogen-bond donors (Lipinski definition) is 2. The third-order valence-corrected chi connectivity index (χ3v) is 7.36. The molecule has 0 fully saturated rings. The zero-order chi connectivity index (χ0) is 23.0. The molecule has 0 radical (unpaired) electrons. The van der Waals surface area contributed by atoms with Crippen LogP contribution in [0.1, 0.15) is 41.5 Å². The summed E-state index contributed by atoms with van der Waals surface area (Å²) in [5, 5.41) is 8.38. The van der Waals surface area contributed by atoms with Crippen molar-refractivity contribution in [1.82, 2.24) is 10.6 Å². The van der Waals surface area contributed by atoms with Gasteiger partial charge in [-0.15, -0.1) is 0 Å². The minimum atomic E-state index is -0.656. The van der Waals surface area contributed by atoms with Crippen molar-refractivity contribution >= 4 is 30.5 Å². The first-order chi connectivity index (χ1) is 14.6. The standard InChI is InChI=1S/C25H35N2O3P/c1-18(2)22(27-24(29)30-25(4,5)6)23(28)26-19(3)17-31(20-13-9-7-10-14-20)21-15-11-8-12-16-21/h7-16,18-19,22H,17H2,1-6H3,(H,26,28)(H,27,29)/t19-,22-/m0/s1. The predicted molar refractivity (Wildman–Crippen MR) is 130 cm³/mol. The second-order valence-corrected chi connectivity index (χ2v) is 11.3. The van der Waals surface area contributed by atoms with E-state index in [1.54, 1.807) is 20.8 Å². The summed E-state index contributed by atoms with van der Waals surface area (Å²) in [6.07, 6.45) is 0.233. The van der Waals surface area contributed by atoms with Gasteiger partial charge in [0.1, 0.15) is 11.6 Å². The van der Waals surface area contributed by atoms with E-state index in [0.29, 0.717) is 0 Å². The first-order valence-electron chi connectivity index (χ1n) is 10.7. The van der Waals surface area contributed by atoms with Crippen LogP contribution in [-0.2, 0) is 9.53 Å². The molecular formula is C25H35N2O3P. The fourth-order valence-electron chi connectivity index (χ4n) is 3.20. The van der Waals surface area contributed by atoms with E-state index in [9.17, 15) is 9.59 Å². The molecule has 0 saturated heterocycles. The van der Waals surface area contributed by atoms with E-state index in [4.69, 9.17) is 4.74 Å². The maximum absolute atomic E-state index is 13.0. The fourth-order valence-corrected chi connectivity index (χ4v) is 5.62. The molecule has 0 aliphatic carbocycles. The fraction of sp³-hybridized carbons (Fsp3) is 0.440. The summed E-state index contributed by atoms with van der Waals surface area (Å²) >= 11 is 0. The Morgan fingerprint density at radius 2 is 1.35 bits per heavy atom. The molecule has 0 aromatic heterocycles. The first kappa shape index (κ1) is 24.9. The van der Waals surface area contributed by atoms with Gasteiger partial charge >= 0.3 is 6.09 Å². The van der Waals surface area contributed by atoms with Gasteiger partial charge in [-0.2, -0.15) is 0 Å². The molecule has 0 bridgehead atoms. The lowest BCUT2D eigenvalue weighted by Crippen LogP contribution is -2.53. The molecule has 0 aliphatic heterocycles. The van der Waals surface area contributed by atoms with E-state index in [0.717, 1.165) is 6.16 Å². The van der Waals surface area contributed by atoms with Crippen molar-refractivity contribution in [2.45, 2.75) is 59.2 Å². The smallest absolute Gasteiger partial charge is 0.408 e. The van der Waals surface area contributed by atoms with E-state index in [1.807, 2.05) is 32.9 Å². The lowest BCUT2D eigenvalue weighted by atomic mass is 10.0. The number of carbonyl (C=O) groups is 2. The van der Waals surface area contributed by atoms with Gasteiger partial charge in [0.15, 0.2) is 0 Å². The Balaban J connectivity index is 2.09. The van der Waals surface area contributed by atoms with Crippen molar-refractivity contribution in [1.29, 1.82) is 0 Å². The summed E-state index contributed by atoms with van der Waals surface area (Å²) in [4.78, 5) is 25.2. The number of alkyl carbamates (subject to hydrolysis) is 1. The van der Waals surface area contributed by atoms with Crippen LogP contribution in [0.25, 0.3) is 0 Å². The number of nitrogens with one attached hydrogen (secondary N) is 2. The minimum absolute atomic E-state index is 0.0549. The molecule has 0 spiro atoms. The first-order valence-corrected chi connectivity index (χ1v) is 12.3. The molecule has 0 saturated carbocycles. The predicted octanol–water partition coefficient (Wildman–Crippen LogP) is 4.17. The highest BCUT2D eigenvalue weighted by molar-refractivity contribution is 7.73. The average molecular weight is 443 g/mol. The van der Waals surface area contributed by atoms with Crippen molar-refractivity contribution in [3.05, 3.63) is 60.7 Å². The maximum Gasteiger partial charge on any atom is 0.408 e. The van der Waals surface area contributed by atoms with Crippen molar-refractivity contribution in [3.8, 4) is 0 Å². The summed E-state index contributed by atoms with van der Waals surface area (Å²) in [7, 11) is -0.618. The minimum Gasteiger partial charge on any atom is -0.444 e. The summed E-state index contributed by atoms with van der Waals surface area (Å²) in [6.45, 7) is 11.2. The molecule has 2 N–H and O–H groups in total. The van der Waals surface area contributed by atoms with Crippen molar-refractivity contribution in [2.75, 3.05) is 6.16 Å². The SMILES string of the molecule is CC(C)[C@H](NC(=O)OC(C)(C)C)C(=O)N[C@@H](C)CP(c1ccccc1)c1ccccc1. The van der Waals surface area contributed by atoms with E-state index < -0.39 is 25.7 Å². The second-order valence-electron chi connectivity index (χ2n) is 9.06. The number of rotatable bonds is 8. The molecule has 2 aromatic rings. The van der Waals surface area contributed by atoms with Gasteiger partial charge in [-0.3, -0.25) is 4.79 Å². The molecule has 0 unspecified atom stereocenters. The third kappa shape index (κ3) is 8.34. The molecule has 6 heteroatoms. The molecular weight excluding hydrogens is 407 g/mol. The monoisotopic (exact) mass is 442 g/mol. The largest absolute Gasteiger partial charge is 0.444 e. The third-order valence-electron chi connectivity index (χ3n) is 4.60. The Hall–Kier alpha value is -2.39. The highest BCUT2D eigenvalue weighted by Gasteiger charge is 2.28. The van der Waals surface area contributed by atoms with Crippen LogP contribution < -0.4 is 21.2 Å². The summed E-state index contributed by atoms with van der Waals surface area (Å²) < 4.78 is 5.33. The van der Waals surface area contributed by atoms with Crippen LogP contribution in [-0.4, -0.2) is 35.8 Å². The topological polar surface area (TPSA) is 67.4 Å². The van der Waals surface area contributed by atoms with Crippen LogP contribution in [0, 0.1) is 5.92 Å². The number of amides is 2. The van der Waals surface area contributed by atoms with Crippen molar-refractivity contribution < 1.29 is 14.3 Å². The molecule has 2 rings (SSSR count). The molecule has 168 valence electrons. The van der Waals surface area contributed by atoms with Gasteiger partial charge in [-0.25, -0.2) is 4.79 Å². The second kappa shape index (κ2) is 11.3. The Bertz CT molecular complexity index is 795. The Labute approximate surface area is 187 Å². The van der Waals surface area contributed by atoms with Crippen LogP contribution in [0.5, 0.6) is 0 Å². The van der Waals surface area contributed by atoms with E-state index in [1.165, 1.54) is 10.6 Å². The average Bonchev–Trinajstić information content (AvgIpc) is 2.70. The number of hydrogen-bond acceptors (Lipinski definition) is 3. The van der Waals surface area contributed by atoms with Crippen LogP contribution in [0.2, 0.25) is 0 Å². The van der Waals surface area contributed by atoms with Crippen molar-refractivity contribution in [2.24, 2.45) is 5.92 Å². The maximum atomic E-state index is 13.0. The zero-order valence-corrected chi connectivity index (χ0v) is 20.3. The van der Waals surface area contributed by atoms with Gasteiger partial charge in [0.2, 0.25) is 5.91 Å². The van der Waals surface area contributed by atoms with E-state index >= 15 is 0 Å². The molecule has 0 aliphatic rings. The summed E-state index contributed by atoms with van der Waals surface area (Å²) in [5.41, 5.74) is -0.615. The molecule has 5 nitrogen and oxygen atoms in total. The molecule has 2 aromatic carbocycles. The highest BCUT2D eigenvalue weighted by atomic mass is 31.1. The van der Waals surface area contributed by atoms with Gasteiger partial charge < -0.3 is 15.4 Å². The lowest BCUT2D eigenvalue weighted by Gasteiger charge is -2.28. The number of carbonyl (C=O) groups excluding carboxylic acids is 2. The Morgan fingerprint density at radius 1 is 0.871 bits per heavy atom. The molecule has 2 amide bonds. The summed E-state index contributed by atoms with van der Waals surface area (Å²) in [5.74, 6) is -0.256. The van der Waals surface area contributed by atoms with E-state index in [2.05, 4.69) is 59.2 Å². The quantitative estimate of drug-likeness (QED) is 0.603. The Kier molecular flexibility index (Phi) is 9.06. The van der Waals surface area contributed by atoms with Crippen LogP contribution in [0.4, 0.5) is 4.79 Å². The number of ether oxygens (including phenoxy) is 1. The molecule has 31 heavy (non-hydrogen) atoms. The Morgan fingerprint density at radius 3 is 1.77 bits per heavy atom. The van der Waals surface area contributed by atoms with Crippen LogP contribution in [0.3, 0.4) is 0 Å². The van der Waals surface area contributed by atoms with Gasteiger partial charge in [0, 0.05) is 6.04 Å². The van der Waals surface area contributed by atoms with Crippen LogP contribution in [0.15, 0.2) is 60.7 Å².